The normalized spacial score (nSPS) is 19.1. The Morgan fingerprint density at radius 1 is 1.04 bits per heavy atom. The lowest BCUT2D eigenvalue weighted by Gasteiger charge is -1.99. The van der Waals surface area contributed by atoms with Gasteiger partial charge in [0, 0.05) is 43.2 Å². The van der Waals surface area contributed by atoms with Crippen molar-refractivity contribution >= 4 is 5.65 Å². The molecule has 1 fully saturated rings. The fourth-order valence-electron chi connectivity index (χ4n) is 4.08. The van der Waals surface area contributed by atoms with Crippen LogP contribution in [0.2, 0.25) is 0 Å². The smallest absolute Gasteiger partial charge is 0.159 e. The molecule has 2 atom stereocenters. The van der Waals surface area contributed by atoms with Gasteiger partial charge in [-0.25, -0.2) is 9.50 Å². The molecule has 7 nitrogen and oxygen atoms in total. The largest absolute Gasteiger partial charge is 0.276 e. The molecule has 4 aromatic rings. The molecule has 4 aromatic heterocycles. The highest BCUT2D eigenvalue weighted by molar-refractivity contribution is 5.68. The van der Waals surface area contributed by atoms with Gasteiger partial charge < -0.3 is 0 Å². The SMILES string of the molecule is Cc1cc(C)n2nc(-c3cc([C@H]4C[C@@H]4c4cnn(C)c4)nn3C)c(C)c2n1. The van der Waals surface area contributed by atoms with Crippen molar-refractivity contribution in [1.29, 1.82) is 0 Å². The van der Waals surface area contributed by atoms with E-state index in [0.717, 1.165) is 46.1 Å². The molecule has 0 bridgehead atoms. The van der Waals surface area contributed by atoms with Gasteiger partial charge in [-0.2, -0.15) is 15.3 Å². The predicted octanol–water partition coefficient (Wildman–Crippen LogP) is 3.06. The average Bonchev–Trinajstić information content (AvgIpc) is 2.97. The lowest BCUT2D eigenvalue weighted by molar-refractivity contribution is 0.743. The highest BCUT2D eigenvalue weighted by Crippen LogP contribution is 2.54. The van der Waals surface area contributed by atoms with Crippen molar-refractivity contribution in [2.45, 2.75) is 39.0 Å². The van der Waals surface area contributed by atoms with E-state index in [1.54, 1.807) is 0 Å². The Morgan fingerprint density at radius 3 is 2.59 bits per heavy atom. The van der Waals surface area contributed by atoms with Crippen molar-refractivity contribution < 1.29 is 0 Å². The minimum absolute atomic E-state index is 0.466. The molecule has 0 spiro atoms. The van der Waals surface area contributed by atoms with Gasteiger partial charge in [-0.1, -0.05) is 0 Å². The van der Waals surface area contributed by atoms with E-state index in [0.29, 0.717) is 11.8 Å². The van der Waals surface area contributed by atoms with Gasteiger partial charge in [-0.05, 0) is 50.8 Å². The van der Waals surface area contributed by atoms with Crippen molar-refractivity contribution in [3.63, 3.8) is 0 Å². The highest BCUT2D eigenvalue weighted by atomic mass is 15.3. The molecule has 1 aliphatic carbocycles. The highest BCUT2D eigenvalue weighted by Gasteiger charge is 2.42. The van der Waals surface area contributed by atoms with Crippen molar-refractivity contribution in [1.82, 2.24) is 34.2 Å². The Kier molecular flexibility index (Phi) is 3.32. The quantitative estimate of drug-likeness (QED) is 0.562. The number of hydrogen-bond acceptors (Lipinski definition) is 4. The van der Waals surface area contributed by atoms with Gasteiger partial charge in [0.25, 0.3) is 0 Å². The third-order valence-electron chi connectivity index (χ3n) is 5.59. The molecule has 0 unspecified atom stereocenters. The van der Waals surface area contributed by atoms with Gasteiger partial charge in [-0.15, -0.1) is 0 Å². The van der Waals surface area contributed by atoms with Gasteiger partial charge in [-0.3, -0.25) is 9.36 Å². The van der Waals surface area contributed by atoms with Crippen LogP contribution in [0.25, 0.3) is 17.0 Å². The molecule has 0 aromatic carbocycles. The second-order valence-corrected chi connectivity index (χ2v) is 7.72. The fraction of sp³-hybridized carbons (Fsp3) is 0.400. The molecular formula is C20H23N7. The zero-order valence-corrected chi connectivity index (χ0v) is 16.3. The molecule has 0 amide bonds. The Bertz CT molecular complexity index is 1180. The van der Waals surface area contributed by atoms with Gasteiger partial charge in [0.1, 0.15) is 5.69 Å². The van der Waals surface area contributed by atoms with Gasteiger partial charge >= 0.3 is 0 Å². The first-order valence-electron chi connectivity index (χ1n) is 9.29. The summed E-state index contributed by atoms with van der Waals surface area (Å²) in [6.07, 6.45) is 5.21. The molecule has 5 rings (SSSR count). The number of rotatable bonds is 3. The average molecular weight is 361 g/mol. The molecule has 1 aliphatic rings. The minimum Gasteiger partial charge on any atom is -0.276 e. The number of aryl methyl sites for hydroxylation is 5. The first kappa shape index (κ1) is 16.2. The summed E-state index contributed by atoms with van der Waals surface area (Å²) in [6, 6.07) is 4.25. The molecule has 0 saturated heterocycles. The van der Waals surface area contributed by atoms with E-state index in [1.807, 2.05) is 41.1 Å². The van der Waals surface area contributed by atoms with E-state index in [4.69, 9.17) is 10.2 Å². The molecule has 4 heterocycles. The molecule has 27 heavy (non-hydrogen) atoms. The number of fused-ring (bicyclic) bond motifs is 1. The summed E-state index contributed by atoms with van der Waals surface area (Å²) in [4.78, 5) is 4.68. The van der Waals surface area contributed by atoms with Crippen LogP contribution in [0.5, 0.6) is 0 Å². The number of nitrogens with zero attached hydrogens (tertiary/aromatic N) is 7. The summed E-state index contributed by atoms with van der Waals surface area (Å²) in [5.41, 5.74) is 8.55. The van der Waals surface area contributed by atoms with Crippen molar-refractivity contribution in [3.8, 4) is 11.4 Å². The molecule has 138 valence electrons. The fourth-order valence-corrected chi connectivity index (χ4v) is 4.08. The third kappa shape index (κ3) is 2.49. The van der Waals surface area contributed by atoms with Crippen LogP contribution in [-0.2, 0) is 14.1 Å². The van der Waals surface area contributed by atoms with E-state index in [9.17, 15) is 0 Å². The second-order valence-electron chi connectivity index (χ2n) is 7.72. The van der Waals surface area contributed by atoms with Crippen molar-refractivity contribution in [3.05, 3.63) is 52.7 Å². The van der Waals surface area contributed by atoms with Gasteiger partial charge in [0.05, 0.1) is 17.6 Å². The zero-order chi connectivity index (χ0) is 18.9. The Hall–Kier alpha value is -2.96. The zero-order valence-electron chi connectivity index (χ0n) is 16.3. The summed E-state index contributed by atoms with van der Waals surface area (Å²) in [7, 11) is 3.96. The van der Waals surface area contributed by atoms with Crippen LogP contribution in [0.3, 0.4) is 0 Å². The third-order valence-corrected chi connectivity index (χ3v) is 5.59. The first-order chi connectivity index (χ1) is 12.9. The number of hydrogen-bond donors (Lipinski definition) is 0. The van der Waals surface area contributed by atoms with Crippen molar-refractivity contribution in [2.75, 3.05) is 0 Å². The molecule has 0 radical (unpaired) electrons. The van der Waals surface area contributed by atoms with E-state index in [2.05, 4.69) is 42.3 Å². The molecule has 0 N–H and O–H groups in total. The molecule has 1 saturated carbocycles. The summed E-state index contributed by atoms with van der Waals surface area (Å²) < 4.78 is 5.75. The Balaban J connectivity index is 1.53. The van der Waals surface area contributed by atoms with Gasteiger partial charge in [0.2, 0.25) is 0 Å². The molecular weight excluding hydrogens is 338 g/mol. The van der Waals surface area contributed by atoms with E-state index < -0.39 is 0 Å². The summed E-state index contributed by atoms with van der Waals surface area (Å²) in [5.74, 6) is 0.990. The Labute approximate surface area is 157 Å². The van der Waals surface area contributed by atoms with Crippen LogP contribution in [0.4, 0.5) is 0 Å². The number of aromatic nitrogens is 7. The lowest BCUT2D eigenvalue weighted by Crippen LogP contribution is -1.98. The summed E-state index contributed by atoms with van der Waals surface area (Å²) >= 11 is 0. The first-order valence-corrected chi connectivity index (χ1v) is 9.29. The van der Waals surface area contributed by atoms with E-state index in [-0.39, 0.29) is 0 Å². The maximum atomic E-state index is 4.84. The van der Waals surface area contributed by atoms with Crippen LogP contribution in [-0.4, -0.2) is 34.2 Å². The maximum Gasteiger partial charge on any atom is 0.159 e. The molecule has 7 heteroatoms. The van der Waals surface area contributed by atoms with Crippen LogP contribution in [0, 0.1) is 20.8 Å². The second kappa shape index (κ2) is 5.52. The van der Waals surface area contributed by atoms with Crippen LogP contribution in [0.15, 0.2) is 24.5 Å². The monoisotopic (exact) mass is 361 g/mol. The summed E-state index contributed by atoms with van der Waals surface area (Å²) in [5, 5.41) is 13.9. The van der Waals surface area contributed by atoms with Crippen LogP contribution < -0.4 is 0 Å². The Morgan fingerprint density at radius 2 is 1.85 bits per heavy atom. The van der Waals surface area contributed by atoms with Gasteiger partial charge in [0.15, 0.2) is 5.65 Å². The summed E-state index contributed by atoms with van der Waals surface area (Å²) in [6.45, 7) is 6.17. The standard InChI is InChI=1S/C20H23N7/c1-11-6-12(2)27-20(22-11)13(3)19(24-27)18-8-17(23-26(18)5)16-7-15(16)14-9-21-25(4)10-14/h6,8-10,15-16H,7H2,1-5H3/t15-,16+/m1/s1. The van der Waals surface area contributed by atoms with Crippen molar-refractivity contribution in [2.24, 2.45) is 14.1 Å². The lowest BCUT2D eigenvalue weighted by atomic mass is 10.1. The van der Waals surface area contributed by atoms with E-state index >= 15 is 0 Å². The topological polar surface area (TPSA) is 65.8 Å². The van der Waals surface area contributed by atoms with Crippen LogP contribution >= 0.6 is 0 Å². The van der Waals surface area contributed by atoms with E-state index in [1.165, 1.54) is 5.56 Å². The maximum absolute atomic E-state index is 4.84. The molecule has 0 aliphatic heterocycles. The minimum atomic E-state index is 0.466. The van der Waals surface area contributed by atoms with Crippen LogP contribution in [0.1, 0.15) is 46.5 Å². The predicted molar refractivity (Wildman–Crippen MR) is 103 cm³/mol.